The molecule has 0 spiro atoms. The van der Waals surface area contributed by atoms with Gasteiger partial charge in [0.2, 0.25) is 0 Å². The molecule has 1 aromatic carbocycles. The number of hydrogen-bond acceptors (Lipinski definition) is 4. The molecule has 1 aliphatic rings. The highest BCUT2D eigenvalue weighted by Gasteiger charge is 2.34. The van der Waals surface area contributed by atoms with Crippen LogP contribution in [-0.2, 0) is 6.18 Å². The molecule has 1 saturated heterocycles. The van der Waals surface area contributed by atoms with Crippen LogP contribution in [0.25, 0.3) is 0 Å². The Morgan fingerprint density at radius 3 is 2.50 bits per heavy atom. The highest BCUT2D eigenvalue weighted by molar-refractivity contribution is 5.47. The topological polar surface area (TPSA) is 60.2 Å². The predicted octanol–water partition coefficient (Wildman–Crippen LogP) is 3.28. The summed E-state index contributed by atoms with van der Waals surface area (Å²) in [6.45, 7) is 0.313. The van der Waals surface area contributed by atoms with Crippen LogP contribution in [-0.4, -0.2) is 22.7 Å². The van der Waals surface area contributed by atoms with Gasteiger partial charge in [0.05, 0.1) is 17.7 Å². The van der Waals surface area contributed by atoms with Crippen LogP contribution in [0.4, 0.5) is 19.0 Å². The molecule has 2 heterocycles. The summed E-state index contributed by atoms with van der Waals surface area (Å²) >= 11 is 0. The van der Waals surface area contributed by atoms with E-state index < -0.39 is 17.8 Å². The van der Waals surface area contributed by atoms with Crippen molar-refractivity contribution in [1.82, 2.24) is 4.98 Å². The summed E-state index contributed by atoms with van der Waals surface area (Å²) < 4.78 is 38.1. The number of aromatic nitrogens is 1. The number of nitriles is 1. The first-order valence-corrected chi connectivity index (χ1v) is 7.37. The Bertz CT molecular complexity index is 768. The Hall–Kier alpha value is -2.59. The monoisotopic (exact) mass is 333 g/mol. The van der Waals surface area contributed by atoms with E-state index in [1.165, 1.54) is 12.1 Å². The van der Waals surface area contributed by atoms with Crippen molar-refractivity contribution in [3.63, 3.8) is 0 Å². The van der Waals surface area contributed by atoms with E-state index in [2.05, 4.69) is 4.98 Å². The Morgan fingerprint density at radius 2 is 1.88 bits per heavy atom. The van der Waals surface area contributed by atoms with Crippen LogP contribution in [0.2, 0.25) is 0 Å². The summed E-state index contributed by atoms with van der Waals surface area (Å²) in [6.07, 6.45) is -4.59. The van der Waals surface area contributed by atoms with Crippen LogP contribution in [0.1, 0.15) is 29.3 Å². The van der Waals surface area contributed by atoms with Gasteiger partial charge in [-0.3, -0.25) is 0 Å². The average Bonchev–Trinajstić information content (AvgIpc) is 2.96. The molecule has 2 aromatic rings. The first kappa shape index (κ1) is 16.3. The SMILES string of the molecule is N#Cc1cccc(N2C[C@@H](O)C[C@@H]2c2ccc(C(F)(F)F)cc2)n1. The third-order valence-corrected chi connectivity index (χ3v) is 4.04. The number of halogens is 3. The van der Waals surface area contributed by atoms with Gasteiger partial charge in [0, 0.05) is 6.54 Å². The molecule has 0 aliphatic carbocycles. The lowest BCUT2D eigenvalue weighted by atomic mass is 10.0. The summed E-state index contributed by atoms with van der Waals surface area (Å²) in [5.41, 5.74) is 0.213. The number of aliphatic hydroxyl groups excluding tert-OH is 1. The third-order valence-electron chi connectivity index (χ3n) is 4.04. The minimum atomic E-state index is -4.38. The van der Waals surface area contributed by atoms with E-state index in [9.17, 15) is 18.3 Å². The van der Waals surface area contributed by atoms with Gasteiger partial charge in [-0.15, -0.1) is 0 Å². The third kappa shape index (κ3) is 3.19. The summed E-state index contributed by atoms with van der Waals surface area (Å²) in [4.78, 5) is 6.03. The Balaban J connectivity index is 1.92. The molecule has 4 nitrogen and oxygen atoms in total. The Kier molecular flexibility index (Phi) is 4.16. The van der Waals surface area contributed by atoms with Crippen LogP contribution >= 0.6 is 0 Å². The number of hydrogen-bond donors (Lipinski definition) is 1. The molecule has 1 aromatic heterocycles. The van der Waals surface area contributed by atoms with Gasteiger partial charge in [0.15, 0.2) is 0 Å². The summed E-state index contributed by atoms with van der Waals surface area (Å²) in [6, 6.07) is 11.6. The molecule has 0 radical (unpaired) electrons. The molecule has 24 heavy (non-hydrogen) atoms. The lowest BCUT2D eigenvalue weighted by Crippen LogP contribution is -2.25. The molecule has 3 rings (SSSR count). The molecule has 0 unspecified atom stereocenters. The quantitative estimate of drug-likeness (QED) is 0.916. The molecule has 1 N–H and O–H groups in total. The van der Waals surface area contributed by atoms with Gasteiger partial charge in [0.25, 0.3) is 0 Å². The summed E-state index contributed by atoms with van der Waals surface area (Å²) in [5, 5.41) is 18.9. The molecule has 1 fully saturated rings. The normalized spacial score (nSPS) is 20.9. The Morgan fingerprint density at radius 1 is 1.17 bits per heavy atom. The fraction of sp³-hybridized carbons (Fsp3) is 0.294. The zero-order valence-corrected chi connectivity index (χ0v) is 12.5. The van der Waals surface area contributed by atoms with E-state index in [4.69, 9.17) is 5.26 Å². The zero-order valence-electron chi connectivity index (χ0n) is 12.5. The number of anilines is 1. The maximum absolute atomic E-state index is 12.7. The summed E-state index contributed by atoms with van der Waals surface area (Å²) in [7, 11) is 0. The minimum Gasteiger partial charge on any atom is -0.391 e. The zero-order chi connectivity index (χ0) is 17.3. The summed E-state index contributed by atoms with van der Waals surface area (Å²) in [5.74, 6) is 0.524. The van der Waals surface area contributed by atoms with Crippen LogP contribution in [0.15, 0.2) is 42.5 Å². The number of pyridine rings is 1. The maximum Gasteiger partial charge on any atom is 0.416 e. The minimum absolute atomic E-state index is 0.250. The smallest absolute Gasteiger partial charge is 0.391 e. The van der Waals surface area contributed by atoms with E-state index in [0.29, 0.717) is 24.3 Å². The molecule has 7 heteroatoms. The molecule has 0 bridgehead atoms. The van der Waals surface area contributed by atoms with Crippen molar-refractivity contribution in [3.05, 3.63) is 59.3 Å². The van der Waals surface area contributed by atoms with Gasteiger partial charge >= 0.3 is 6.18 Å². The number of nitrogens with zero attached hydrogens (tertiary/aromatic N) is 3. The van der Waals surface area contributed by atoms with Crippen LogP contribution < -0.4 is 4.90 Å². The Labute approximate surface area is 136 Å². The van der Waals surface area contributed by atoms with Gasteiger partial charge < -0.3 is 10.0 Å². The first-order chi connectivity index (χ1) is 11.4. The lowest BCUT2D eigenvalue weighted by Gasteiger charge is -2.26. The van der Waals surface area contributed by atoms with Crippen molar-refractivity contribution in [2.24, 2.45) is 0 Å². The largest absolute Gasteiger partial charge is 0.416 e. The lowest BCUT2D eigenvalue weighted by molar-refractivity contribution is -0.137. The van der Waals surface area contributed by atoms with Gasteiger partial charge in [-0.2, -0.15) is 18.4 Å². The van der Waals surface area contributed by atoms with Crippen LogP contribution in [0.3, 0.4) is 0 Å². The van der Waals surface area contributed by atoms with E-state index in [-0.39, 0.29) is 11.7 Å². The van der Waals surface area contributed by atoms with E-state index >= 15 is 0 Å². The second-order valence-electron chi connectivity index (χ2n) is 5.67. The van der Waals surface area contributed by atoms with Crippen molar-refractivity contribution < 1.29 is 18.3 Å². The number of rotatable bonds is 2. The van der Waals surface area contributed by atoms with Crippen LogP contribution in [0.5, 0.6) is 0 Å². The number of aliphatic hydroxyl groups is 1. The fourth-order valence-electron chi connectivity index (χ4n) is 2.92. The molecule has 0 saturated carbocycles. The van der Waals surface area contributed by atoms with E-state index in [0.717, 1.165) is 12.1 Å². The van der Waals surface area contributed by atoms with Gasteiger partial charge in [-0.25, -0.2) is 4.98 Å². The molecular weight excluding hydrogens is 319 g/mol. The van der Waals surface area contributed by atoms with Crippen molar-refractivity contribution in [2.45, 2.75) is 24.7 Å². The van der Waals surface area contributed by atoms with Gasteiger partial charge in [-0.05, 0) is 36.2 Å². The highest BCUT2D eigenvalue weighted by atomic mass is 19.4. The van der Waals surface area contributed by atoms with Crippen molar-refractivity contribution in [2.75, 3.05) is 11.4 Å². The van der Waals surface area contributed by atoms with Gasteiger partial charge in [-0.1, -0.05) is 18.2 Å². The van der Waals surface area contributed by atoms with E-state index in [1.807, 2.05) is 11.0 Å². The molecule has 1 aliphatic heterocycles. The predicted molar refractivity (Wildman–Crippen MR) is 81.1 cm³/mol. The number of β-amino-alcohol motifs (C(OH)–C–C–N with tert-alkyl or cyclic N) is 1. The van der Waals surface area contributed by atoms with Gasteiger partial charge in [0.1, 0.15) is 17.6 Å². The number of benzene rings is 1. The van der Waals surface area contributed by atoms with Crippen molar-refractivity contribution in [3.8, 4) is 6.07 Å². The molecular formula is C17H14F3N3O. The second kappa shape index (κ2) is 6.13. The maximum atomic E-state index is 12.7. The fourth-order valence-corrected chi connectivity index (χ4v) is 2.92. The van der Waals surface area contributed by atoms with Crippen molar-refractivity contribution >= 4 is 5.82 Å². The second-order valence-corrected chi connectivity index (χ2v) is 5.67. The van der Waals surface area contributed by atoms with E-state index in [1.54, 1.807) is 18.2 Å². The number of alkyl halides is 3. The molecule has 0 amide bonds. The standard InChI is InChI=1S/C17H14F3N3O/c18-17(19,20)12-6-4-11(5-7-12)15-8-14(24)10-23(15)16-3-1-2-13(9-21)22-16/h1-7,14-15,24H,8,10H2/t14-,15+/m0/s1. The average molecular weight is 333 g/mol. The molecule has 2 atom stereocenters. The first-order valence-electron chi connectivity index (χ1n) is 7.37. The van der Waals surface area contributed by atoms with Crippen molar-refractivity contribution in [1.29, 1.82) is 5.26 Å². The highest BCUT2D eigenvalue weighted by Crippen LogP contribution is 2.37. The van der Waals surface area contributed by atoms with Crippen LogP contribution in [0, 0.1) is 11.3 Å². The molecule has 124 valence electrons.